The first-order valence-electron chi connectivity index (χ1n) is 20.5. The summed E-state index contributed by atoms with van der Waals surface area (Å²) in [5.41, 5.74) is 6.97. The first-order valence-corrected chi connectivity index (χ1v) is 26.7. The van der Waals surface area contributed by atoms with Crippen molar-refractivity contribution >= 4 is 88.7 Å². The highest BCUT2D eigenvalue weighted by Crippen LogP contribution is 2.09. The molecule has 0 saturated carbocycles. The maximum atomic E-state index is 11.5. The number of carbonyl (C=O) groups is 2. The summed E-state index contributed by atoms with van der Waals surface area (Å²) in [6.07, 6.45) is 4.87. The number of sulfone groups is 2. The first-order chi connectivity index (χ1) is 30.8. The molecule has 4 heterocycles. The normalized spacial score (nSPS) is 15.8. The number of alkyl halides is 4. The van der Waals surface area contributed by atoms with Crippen molar-refractivity contribution in [3.05, 3.63) is 23.8 Å². The molecule has 64 heavy (non-hydrogen) atoms. The van der Waals surface area contributed by atoms with E-state index in [1.807, 2.05) is 12.4 Å². The molecule has 0 unspecified atom stereocenters. The number of rotatable bonds is 30. The minimum atomic E-state index is -2.87. The Hall–Kier alpha value is -1.39. The zero-order valence-corrected chi connectivity index (χ0v) is 41.5. The Morgan fingerprint density at radius 3 is 1.27 bits per heavy atom. The number of aromatic nitrogens is 6. The fourth-order valence-electron chi connectivity index (χ4n) is 5.24. The molecule has 0 bridgehead atoms. The fraction of sp³-hybridized carbons (Fsp3) is 0.833. The molecule has 28 heteroatoms. The van der Waals surface area contributed by atoms with Gasteiger partial charge in [0, 0.05) is 71.2 Å². The van der Waals surface area contributed by atoms with Gasteiger partial charge in [0.1, 0.15) is 5.78 Å². The van der Waals surface area contributed by atoms with Crippen molar-refractivity contribution in [3.8, 4) is 0 Å². The van der Waals surface area contributed by atoms with Gasteiger partial charge >= 0.3 is 0 Å². The summed E-state index contributed by atoms with van der Waals surface area (Å²) in [4.78, 5) is 24.6. The van der Waals surface area contributed by atoms with Crippen molar-refractivity contribution in [2.24, 2.45) is 5.73 Å². The van der Waals surface area contributed by atoms with E-state index in [1.165, 1.54) is 0 Å². The van der Waals surface area contributed by atoms with Gasteiger partial charge in [-0.05, 0) is 18.0 Å². The number of halogens is 5. The van der Waals surface area contributed by atoms with Crippen LogP contribution in [0.4, 0.5) is 0 Å². The Morgan fingerprint density at radius 2 is 0.922 bits per heavy atom. The molecular formula is C36H64Cl5N9O12S2. The molecule has 2 aliphatic rings. The topological polar surface area (TPSA) is 252 Å². The highest BCUT2D eigenvalue weighted by Gasteiger charge is 2.23. The van der Waals surface area contributed by atoms with Gasteiger partial charge in [-0.15, -0.1) is 56.6 Å². The number of hydrogen-bond donors (Lipinski definition) is 1. The molecule has 0 amide bonds. The third kappa shape index (κ3) is 34.0. The van der Waals surface area contributed by atoms with Crippen LogP contribution in [0.2, 0.25) is 0 Å². The van der Waals surface area contributed by atoms with Crippen LogP contribution in [0, 0.1) is 0 Å². The van der Waals surface area contributed by atoms with Crippen LogP contribution in [0.25, 0.3) is 0 Å². The molecule has 0 aliphatic carbocycles. The first kappa shape index (κ1) is 60.6. The van der Waals surface area contributed by atoms with Crippen LogP contribution in [0.15, 0.2) is 12.4 Å². The average Bonchev–Trinajstić information content (AvgIpc) is 3.92. The monoisotopic (exact) mass is 1050 g/mol. The lowest BCUT2D eigenvalue weighted by Crippen LogP contribution is -2.39. The summed E-state index contributed by atoms with van der Waals surface area (Å²) in [7, 11) is -5.72. The molecule has 2 aliphatic heterocycles. The number of ketones is 1. The van der Waals surface area contributed by atoms with Crippen molar-refractivity contribution in [2.75, 3.05) is 152 Å². The summed E-state index contributed by atoms with van der Waals surface area (Å²) >= 11 is 24.5. The minimum Gasteiger partial charge on any atom is -0.379 e. The van der Waals surface area contributed by atoms with Gasteiger partial charge in [-0.25, -0.2) is 26.2 Å². The minimum absolute atomic E-state index is 0.0374. The standard InChI is InChI=1S/C18H31ClN4O6S.C15H29N5O5S.C2H2Cl2O.CH2Cl2/c19-14-18(24)2-1-6-27-8-10-29-11-9-28-7-3-23-16-17(20-21-23)15-22-4-12-30(25,26)13-5-22;16-1-5-23-7-9-25-10-8-24-6-2-20-14-15(17-18-20)13-19-3-11-26(21,22)12-4-19;3-1-2(4)5;2-1-3/h16H,1-15H2;14H,1-13,16H2;1H2;1H2. The summed E-state index contributed by atoms with van der Waals surface area (Å²) in [6, 6.07) is 0. The van der Waals surface area contributed by atoms with E-state index < -0.39 is 24.9 Å². The van der Waals surface area contributed by atoms with Crippen LogP contribution in [-0.4, -0.2) is 220 Å². The van der Waals surface area contributed by atoms with Crippen molar-refractivity contribution in [2.45, 2.75) is 39.0 Å². The molecule has 2 saturated heterocycles. The van der Waals surface area contributed by atoms with Gasteiger partial charge in [0.15, 0.2) is 19.7 Å². The van der Waals surface area contributed by atoms with Crippen LogP contribution >= 0.6 is 58.0 Å². The summed E-state index contributed by atoms with van der Waals surface area (Å²) in [6.45, 7) is 11.3. The van der Waals surface area contributed by atoms with E-state index in [0.29, 0.717) is 151 Å². The van der Waals surface area contributed by atoms with Crippen molar-refractivity contribution in [1.29, 1.82) is 0 Å². The molecule has 372 valence electrons. The van der Waals surface area contributed by atoms with E-state index in [-0.39, 0.29) is 45.9 Å². The number of Topliss-reactive ketones (excluding diaryl/α,β-unsaturated/α-hetero) is 1. The average molecular weight is 1060 g/mol. The van der Waals surface area contributed by atoms with Crippen LogP contribution < -0.4 is 5.73 Å². The molecule has 2 aromatic rings. The molecule has 0 atom stereocenters. The largest absolute Gasteiger partial charge is 0.379 e. The van der Waals surface area contributed by atoms with E-state index in [0.717, 1.165) is 11.4 Å². The van der Waals surface area contributed by atoms with Crippen LogP contribution in [0.5, 0.6) is 0 Å². The van der Waals surface area contributed by atoms with Gasteiger partial charge in [0.05, 0.1) is 137 Å². The van der Waals surface area contributed by atoms with Gasteiger partial charge in [-0.2, -0.15) is 0 Å². The van der Waals surface area contributed by atoms with Crippen LogP contribution in [0.1, 0.15) is 24.2 Å². The Balaban J connectivity index is 0.000000551. The van der Waals surface area contributed by atoms with E-state index in [4.69, 9.17) is 92.2 Å². The predicted octanol–water partition coefficient (Wildman–Crippen LogP) is 1.08. The summed E-state index contributed by atoms with van der Waals surface area (Å²) in [5.74, 6) is 0.856. The van der Waals surface area contributed by atoms with Gasteiger partial charge in [-0.1, -0.05) is 10.4 Å². The fourth-order valence-corrected chi connectivity index (χ4v) is 7.92. The third-order valence-electron chi connectivity index (χ3n) is 8.50. The highest BCUT2D eigenvalue weighted by molar-refractivity contribution is 7.91. The Labute approximate surface area is 401 Å². The van der Waals surface area contributed by atoms with Gasteiger partial charge in [-0.3, -0.25) is 19.4 Å². The van der Waals surface area contributed by atoms with Crippen molar-refractivity contribution in [3.63, 3.8) is 0 Å². The lowest BCUT2D eigenvalue weighted by Gasteiger charge is -2.25. The number of nitrogens with two attached hydrogens (primary N) is 1. The number of carbonyl (C=O) groups excluding carboxylic acids is 2. The summed E-state index contributed by atoms with van der Waals surface area (Å²) in [5, 5.41) is 16.1. The Bertz CT molecular complexity index is 1690. The number of nitrogens with zero attached hydrogens (tertiary/aromatic N) is 8. The molecular weight excluding hydrogens is 992 g/mol. The lowest BCUT2D eigenvalue weighted by atomic mass is 10.2. The highest BCUT2D eigenvalue weighted by atomic mass is 35.5. The maximum Gasteiger partial charge on any atom is 0.236 e. The molecule has 0 spiro atoms. The van der Waals surface area contributed by atoms with Crippen LogP contribution in [0.3, 0.4) is 0 Å². The molecule has 0 aromatic carbocycles. The number of hydrogen-bond acceptors (Lipinski definition) is 19. The second-order valence-corrected chi connectivity index (χ2v) is 20.0. The van der Waals surface area contributed by atoms with Crippen LogP contribution in [-0.2, 0) is 83.9 Å². The van der Waals surface area contributed by atoms with Gasteiger partial charge in [0.2, 0.25) is 5.24 Å². The van der Waals surface area contributed by atoms with Crippen molar-refractivity contribution < 1.29 is 54.8 Å². The van der Waals surface area contributed by atoms with E-state index in [9.17, 15) is 26.4 Å². The third-order valence-corrected chi connectivity index (χ3v) is 12.5. The number of ether oxygens (including phenoxy) is 6. The van der Waals surface area contributed by atoms with E-state index in [1.54, 1.807) is 9.36 Å². The predicted molar refractivity (Wildman–Crippen MR) is 245 cm³/mol. The second kappa shape index (κ2) is 38.6. The van der Waals surface area contributed by atoms with E-state index in [2.05, 4.69) is 30.4 Å². The zero-order chi connectivity index (χ0) is 47.3. The lowest BCUT2D eigenvalue weighted by molar-refractivity contribution is -0.117. The smallest absolute Gasteiger partial charge is 0.236 e. The Kier molecular flexibility index (Phi) is 36.5. The molecule has 2 N–H and O–H groups in total. The second-order valence-electron chi connectivity index (χ2n) is 13.6. The molecule has 2 fully saturated rings. The van der Waals surface area contributed by atoms with Crippen molar-refractivity contribution in [1.82, 2.24) is 39.8 Å². The molecule has 0 radical (unpaired) electrons. The Morgan fingerprint density at radius 1 is 0.578 bits per heavy atom. The maximum absolute atomic E-state index is 11.5. The van der Waals surface area contributed by atoms with Gasteiger partial charge in [0.25, 0.3) is 0 Å². The SMILES string of the molecule is ClCCl.NCCOCCOCCOCCn1cc(CN2CCS(=O)(=O)CC2)nn1.O=C(CCl)CCCOCCOCCOCCn1cc(CN2CCS(=O)(=O)CC2)nn1.O=C(Cl)CCl. The molecule has 21 nitrogen and oxygen atoms in total. The zero-order valence-electron chi connectivity index (χ0n) is 36.1. The van der Waals surface area contributed by atoms with E-state index >= 15 is 0 Å². The quantitative estimate of drug-likeness (QED) is 0.0653. The molecule has 2 aromatic heterocycles. The van der Waals surface area contributed by atoms with Gasteiger partial charge < -0.3 is 34.2 Å². The summed E-state index contributed by atoms with van der Waals surface area (Å²) < 4.78 is 81.6. The molecule has 4 rings (SSSR count).